The summed E-state index contributed by atoms with van der Waals surface area (Å²) in [5.41, 5.74) is 0.839. The van der Waals surface area contributed by atoms with Gasteiger partial charge in [-0.25, -0.2) is 0 Å². The normalized spacial score (nSPS) is 54.8. The van der Waals surface area contributed by atoms with E-state index in [9.17, 15) is 4.79 Å². The first-order valence-corrected chi connectivity index (χ1v) is 4.93. The van der Waals surface area contributed by atoms with Crippen molar-refractivity contribution in [2.45, 2.75) is 38.5 Å². The van der Waals surface area contributed by atoms with Crippen LogP contribution in [0, 0.1) is 16.7 Å². The Hall–Kier alpha value is -0.530. The predicted octanol–water partition coefficient (Wildman–Crippen LogP) is 2.04. The lowest BCUT2D eigenvalue weighted by Crippen LogP contribution is -2.43. The summed E-state index contributed by atoms with van der Waals surface area (Å²) >= 11 is 0. The Kier molecular flexibility index (Phi) is 0.984. The van der Waals surface area contributed by atoms with Gasteiger partial charge < -0.3 is 5.11 Å². The Balaban J connectivity index is 1.87. The quantitative estimate of drug-likeness (QED) is 0.647. The van der Waals surface area contributed by atoms with Crippen LogP contribution in [0.25, 0.3) is 0 Å². The van der Waals surface area contributed by atoms with Gasteiger partial charge in [0.05, 0.1) is 5.92 Å². The molecule has 3 atom stereocenters. The van der Waals surface area contributed by atoms with Crippen LogP contribution in [0.3, 0.4) is 0 Å². The molecule has 0 bridgehead atoms. The fourth-order valence-corrected chi connectivity index (χ4v) is 3.98. The van der Waals surface area contributed by atoms with E-state index in [-0.39, 0.29) is 5.92 Å². The van der Waals surface area contributed by atoms with Crippen LogP contribution in [-0.2, 0) is 4.79 Å². The topological polar surface area (TPSA) is 37.3 Å². The molecule has 0 aromatic rings. The van der Waals surface area contributed by atoms with Gasteiger partial charge in [-0.1, -0.05) is 12.8 Å². The van der Waals surface area contributed by atoms with Gasteiger partial charge in [-0.2, -0.15) is 0 Å². The van der Waals surface area contributed by atoms with E-state index in [1.54, 1.807) is 0 Å². The molecule has 0 aromatic carbocycles. The minimum atomic E-state index is -0.537. The first kappa shape index (κ1) is 6.93. The Morgan fingerprint density at radius 2 is 2.08 bits per heavy atom. The van der Waals surface area contributed by atoms with Crippen LogP contribution in [0.1, 0.15) is 38.5 Å². The number of hydrogen-bond acceptors (Lipinski definition) is 1. The van der Waals surface area contributed by atoms with Crippen LogP contribution in [-0.4, -0.2) is 11.1 Å². The van der Waals surface area contributed by atoms with Gasteiger partial charge in [-0.15, -0.1) is 0 Å². The second kappa shape index (κ2) is 1.70. The maximum Gasteiger partial charge on any atom is 0.307 e. The Morgan fingerprint density at radius 3 is 2.75 bits per heavy atom. The molecular formula is C10H14O2. The lowest BCUT2D eigenvalue weighted by Gasteiger charge is -2.44. The number of rotatable bonds is 1. The second-order valence-corrected chi connectivity index (χ2v) is 4.92. The summed E-state index contributed by atoms with van der Waals surface area (Å²) in [7, 11) is 0. The minimum Gasteiger partial charge on any atom is -0.481 e. The van der Waals surface area contributed by atoms with E-state index in [4.69, 9.17) is 5.11 Å². The lowest BCUT2D eigenvalue weighted by atomic mass is 9.59. The van der Waals surface area contributed by atoms with Crippen molar-refractivity contribution < 1.29 is 9.90 Å². The zero-order valence-electron chi connectivity index (χ0n) is 7.18. The molecule has 12 heavy (non-hydrogen) atoms. The molecule has 66 valence electrons. The predicted molar refractivity (Wildman–Crippen MR) is 43.7 cm³/mol. The van der Waals surface area contributed by atoms with Crippen molar-refractivity contribution >= 4 is 5.97 Å². The van der Waals surface area contributed by atoms with Crippen molar-refractivity contribution in [3.8, 4) is 0 Å². The third-order valence-electron chi connectivity index (χ3n) is 4.67. The van der Waals surface area contributed by atoms with E-state index in [0.29, 0.717) is 10.8 Å². The highest BCUT2D eigenvalue weighted by atomic mass is 16.4. The zero-order valence-corrected chi connectivity index (χ0v) is 7.18. The molecule has 3 saturated carbocycles. The van der Waals surface area contributed by atoms with Gasteiger partial charge in [0.25, 0.3) is 0 Å². The van der Waals surface area contributed by atoms with E-state index in [1.165, 1.54) is 32.1 Å². The summed E-state index contributed by atoms with van der Waals surface area (Å²) in [6, 6.07) is 0. The summed E-state index contributed by atoms with van der Waals surface area (Å²) in [4.78, 5) is 10.9. The standard InChI is InChI=1S/C10H14O2/c11-8(12)7-5-9-3-1-2-4-10(7,9)6-9/h7H,1-6H2,(H,11,12)/t7-,9-,10-/m1/s1. The summed E-state index contributed by atoms with van der Waals surface area (Å²) in [6.07, 6.45) is 7.35. The van der Waals surface area contributed by atoms with Gasteiger partial charge >= 0.3 is 5.97 Å². The van der Waals surface area contributed by atoms with Gasteiger partial charge in [-0.3, -0.25) is 4.79 Å². The number of carbonyl (C=O) groups is 1. The molecule has 2 nitrogen and oxygen atoms in total. The van der Waals surface area contributed by atoms with Crippen LogP contribution in [0.4, 0.5) is 0 Å². The Labute approximate surface area is 72.0 Å². The van der Waals surface area contributed by atoms with Gasteiger partial charge in [0.2, 0.25) is 0 Å². The Bertz CT molecular complexity index is 257. The first-order chi connectivity index (χ1) is 5.70. The average Bonchev–Trinajstić information content (AvgIpc) is 2.57. The molecule has 0 amide bonds. The van der Waals surface area contributed by atoms with E-state index in [2.05, 4.69) is 0 Å². The van der Waals surface area contributed by atoms with Gasteiger partial charge in [0, 0.05) is 0 Å². The highest BCUT2D eigenvalue weighted by Crippen LogP contribution is 2.85. The SMILES string of the molecule is O=C(O)[C@H]1C[C@@]23CCCC[C@@]12C3. The monoisotopic (exact) mass is 166 g/mol. The summed E-state index contributed by atoms with van der Waals surface area (Å²) in [6.45, 7) is 0. The number of hydrogen-bond donors (Lipinski definition) is 1. The second-order valence-electron chi connectivity index (χ2n) is 4.92. The largest absolute Gasteiger partial charge is 0.481 e. The third kappa shape index (κ3) is 0.511. The maximum absolute atomic E-state index is 10.9. The van der Waals surface area contributed by atoms with E-state index in [1.807, 2.05) is 0 Å². The molecule has 0 heterocycles. The van der Waals surface area contributed by atoms with Crippen molar-refractivity contribution in [3.05, 3.63) is 0 Å². The zero-order chi connectivity index (χ0) is 8.40. The van der Waals surface area contributed by atoms with Crippen LogP contribution in [0.2, 0.25) is 0 Å². The van der Waals surface area contributed by atoms with Crippen molar-refractivity contribution in [2.24, 2.45) is 16.7 Å². The molecule has 0 aromatic heterocycles. The van der Waals surface area contributed by atoms with Crippen molar-refractivity contribution in [1.29, 1.82) is 0 Å². The number of carboxylic acids is 1. The van der Waals surface area contributed by atoms with E-state index < -0.39 is 5.97 Å². The molecular weight excluding hydrogens is 152 g/mol. The highest BCUT2D eigenvalue weighted by Gasteiger charge is 2.80. The van der Waals surface area contributed by atoms with Gasteiger partial charge in [-0.05, 0) is 36.5 Å². The first-order valence-electron chi connectivity index (χ1n) is 4.93. The molecule has 2 heteroatoms. The van der Waals surface area contributed by atoms with E-state index >= 15 is 0 Å². The summed E-state index contributed by atoms with van der Waals surface area (Å²) in [5.74, 6) is -0.511. The third-order valence-corrected chi connectivity index (χ3v) is 4.67. The molecule has 0 spiro atoms. The van der Waals surface area contributed by atoms with Crippen molar-refractivity contribution in [3.63, 3.8) is 0 Å². The Morgan fingerprint density at radius 1 is 1.33 bits per heavy atom. The molecule has 3 aliphatic rings. The van der Waals surface area contributed by atoms with Crippen LogP contribution in [0.15, 0.2) is 0 Å². The number of carboxylic acid groups (broad SMARTS) is 1. The molecule has 3 rings (SSSR count). The van der Waals surface area contributed by atoms with Crippen LogP contribution < -0.4 is 0 Å². The minimum absolute atomic E-state index is 0.0257. The molecule has 0 aliphatic heterocycles. The van der Waals surface area contributed by atoms with Crippen LogP contribution in [0.5, 0.6) is 0 Å². The van der Waals surface area contributed by atoms with Gasteiger partial charge in [0.1, 0.15) is 0 Å². The molecule has 3 fully saturated rings. The summed E-state index contributed by atoms with van der Waals surface area (Å²) < 4.78 is 0. The number of aliphatic carboxylic acids is 1. The van der Waals surface area contributed by atoms with Crippen molar-refractivity contribution in [1.82, 2.24) is 0 Å². The fraction of sp³-hybridized carbons (Fsp3) is 0.900. The molecule has 0 saturated heterocycles. The van der Waals surface area contributed by atoms with Gasteiger partial charge in [0.15, 0.2) is 0 Å². The summed E-state index contributed by atoms with van der Waals surface area (Å²) in [5, 5.41) is 8.96. The smallest absolute Gasteiger partial charge is 0.307 e. The highest BCUT2D eigenvalue weighted by molar-refractivity contribution is 5.75. The molecule has 0 radical (unpaired) electrons. The average molecular weight is 166 g/mol. The van der Waals surface area contributed by atoms with Crippen molar-refractivity contribution in [2.75, 3.05) is 0 Å². The fourth-order valence-electron chi connectivity index (χ4n) is 3.98. The lowest BCUT2D eigenvalue weighted by molar-refractivity contribution is -0.153. The molecule has 3 aliphatic carbocycles. The maximum atomic E-state index is 10.9. The molecule has 0 unspecified atom stereocenters. The van der Waals surface area contributed by atoms with E-state index in [0.717, 1.165) is 6.42 Å². The van der Waals surface area contributed by atoms with Crippen LogP contribution >= 0.6 is 0 Å². The molecule has 1 N–H and O–H groups in total.